The third-order valence-electron chi connectivity index (χ3n) is 5.86. The number of carbonyl (C=O) groups is 1. The van der Waals surface area contributed by atoms with E-state index in [1.807, 2.05) is 42.6 Å². The lowest BCUT2D eigenvalue weighted by molar-refractivity contribution is 0.0950. The summed E-state index contributed by atoms with van der Waals surface area (Å²) >= 11 is 0. The third-order valence-corrected chi connectivity index (χ3v) is 5.86. The average molecular weight is 446 g/mol. The Labute approximate surface area is 195 Å². The number of benzene rings is 2. The highest BCUT2D eigenvalue weighted by molar-refractivity contribution is 5.94. The first kappa shape index (κ1) is 22.6. The normalized spacial score (nSPS) is 13.8. The van der Waals surface area contributed by atoms with Crippen LogP contribution in [0.4, 0.5) is 5.82 Å². The molecule has 0 radical (unpaired) electrons. The molecule has 1 fully saturated rings. The van der Waals surface area contributed by atoms with Gasteiger partial charge in [-0.15, -0.1) is 0 Å². The topological polar surface area (TPSA) is 63.7 Å². The van der Waals surface area contributed by atoms with Gasteiger partial charge < -0.3 is 19.7 Å². The molecule has 2 aromatic carbocycles. The number of ether oxygens (including phenoxy) is 2. The van der Waals surface area contributed by atoms with Crippen molar-refractivity contribution in [3.05, 3.63) is 83.6 Å². The maximum atomic E-state index is 12.7. The Kier molecular flexibility index (Phi) is 7.80. The molecule has 0 spiro atoms. The van der Waals surface area contributed by atoms with E-state index in [-0.39, 0.29) is 5.91 Å². The quantitative estimate of drug-likeness (QED) is 0.530. The predicted octanol–water partition coefficient (Wildman–Crippen LogP) is 4.98. The minimum Gasteiger partial charge on any atom is -0.493 e. The SMILES string of the molecule is COc1cc(C(=O)NCc2ccc(N3CCCCCC3)nc2)ccc1OCc1ccccc1. The Hall–Kier alpha value is -3.54. The van der Waals surface area contributed by atoms with Crippen LogP contribution in [0, 0.1) is 0 Å². The van der Waals surface area contributed by atoms with Gasteiger partial charge in [0.05, 0.1) is 7.11 Å². The lowest BCUT2D eigenvalue weighted by Gasteiger charge is -2.21. The zero-order valence-corrected chi connectivity index (χ0v) is 19.1. The first-order chi connectivity index (χ1) is 16.2. The number of hydrogen-bond acceptors (Lipinski definition) is 5. The van der Waals surface area contributed by atoms with Gasteiger partial charge in [-0.3, -0.25) is 4.79 Å². The fourth-order valence-corrected chi connectivity index (χ4v) is 3.96. The van der Waals surface area contributed by atoms with Crippen molar-refractivity contribution in [2.75, 3.05) is 25.1 Å². The molecule has 1 aliphatic heterocycles. The molecule has 1 amide bonds. The molecular formula is C27H31N3O3. The molecule has 2 heterocycles. The molecular weight excluding hydrogens is 414 g/mol. The van der Waals surface area contributed by atoms with Crippen molar-refractivity contribution >= 4 is 11.7 Å². The highest BCUT2D eigenvalue weighted by Crippen LogP contribution is 2.29. The van der Waals surface area contributed by atoms with Gasteiger partial charge in [-0.05, 0) is 48.2 Å². The Morgan fingerprint density at radius 3 is 2.42 bits per heavy atom. The summed E-state index contributed by atoms with van der Waals surface area (Å²) in [6.45, 7) is 2.98. The third kappa shape index (κ3) is 6.25. The molecule has 172 valence electrons. The molecule has 6 heteroatoms. The minimum absolute atomic E-state index is 0.167. The number of nitrogens with one attached hydrogen (secondary N) is 1. The summed E-state index contributed by atoms with van der Waals surface area (Å²) < 4.78 is 11.3. The van der Waals surface area contributed by atoms with Gasteiger partial charge in [0.25, 0.3) is 5.91 Å². The van der Waals surface area contributed by atoms with Gasteiger partial charge in [0, 0.05) is 31.4 Å². The second-order valence-electron chi connectivity index (χ2n) is 8.25. The van der Waals surface area contributed by atoms with E-state index in [9.17, 15) is 4.79 Å². The van der Waals surface area contributed by atoms with Crippen molar-refractivity contribution in [3.63, 3.8) is 0 Å². The number of carbonyl (C=O) groups excluding carboxylic acids is 1. The van der Waals surface area contributed by atoms with Crippen LogP contribution in [-0.4, -0.2) is 31.1 Å². The van der Waals surface area contributed by atoms with E-state index in [2.05, 4.69) is 21.3 Å². The first-order valence-electron chi connectivity index (χ1n) is 11.6. The lowest BCUT2D eigenvalue weighted by Crippen LogP contribution is -2.25. The number of methoxy groups -OCH3 is 1. The molecule has 33 heavy (non-hydrogen) atoms. The molecule has 1 aromatic heterocycles. The Morgan fingerprint density at radius 1 is 0.939 bits per heavy atom. The molecule has 0 atom stereocenters. The zero-order chi connectivity index (χ0) is 22.9. The number of nitrogens with zero attached hydrogens (tertiary/aromatic N) is 2. The molecule has 1 saturated heterocycles. The molecule has 0 unspecified atom stereocenters. The van der Waals surface area contributed by atoms with Gasteiger partial charge in [-0.25, -0.2) is 4.98 Å². The summed E-state index contributed by atoms with van der Waals surface area (Å²) in [4.78, 5) is 19.7. The fourth-order valence-electron chi connectivity index (χ4n) is 3.96. The molecule has 4 rings (SSSR count). The first-order valence-corrected chi connectivity index (χ1v) is 11.6. The number of amides is 1. The van der Waals surface area contributed by atoms with Crippen molar-refractivity contribution in [1.82, 2.24) is 10.3 Å². The zero-order valence-electron chi connectivity index (χ0n) is 19.1. The van der Waals surface area contributed by atoms with Crippen LogP contribution in [0.3, 0.4) is 0 Å². The standard InChI is InChI=1S/C27H31N3O3/c1-32-25-17-23(12-13-24(25)33-20-21-9-5-4-6-10-21)27(31)29-19-22-11-14-26(28-18-22)30-15-7-2-3-8-16-30/h4-6,9-14,17-18H,2-3,7-8,15-16,19-20H2,1H3,(H,29,31). The van der Waals surface area contributed by atoms with Crippen LogP contribution in [0.15, 0.2) is 66.9 Å². The summed E-state index contributed by atoms with van der Waals surface area (Å²) in [7, 11) is 1.57. The van der Waals surface area contributed by atoms with Gasteiger partial charge >= 0.3 is 0 Å². The van der Waals surface area contributed by atoms with Crippen LogP contribution < -0.4 is 19.7 Å². The molecule has 3 aromatic rings. The number of rotatable bonds is 8. The molecule has 0 bridgehead atoms. The summed E-state index contributed by atoms with van der Waals surface area (Å²) in [5.41, 5.74) is 2.56. The van der Waals surface area contributed by atoms with Crippen molar-refractivity contribution in [2.24, 2.45) is 0 Å². The van der Waals surface area contributed by atoms with Gasteiger partial charge in [-0.2, -0.15) is 0 Å². The number of anilines is 1. The van der Waals surface area contributed by atoms with Crippen LogP contribution in [-0.2, 0) is 13.2 Å². The Bertz CT molecular complexity index is 1030. The maximum absolute atomic E-state index is 12.7. The van der Waals surface area contributed by atoms with Crippen molar-refractivity contribution in [3.8, 4) is 11.5 Å². The molecule has 6 nitrogen and oxygen atoms in total. The van der Waals surface area contributed by atoms with Gasteiger partial charge in [0.15, 0.2) is 11.5 Å². The van der Waals surface area contributed by atoms with E-state index in [1.54, 1.807) is 25.3 Å². The molecule has 1 aliphatic rings. The highest BCUT2D eigenvalue weighted by Gasteiger charge is 2.13. The molecule has 0 saturated carbocycles. The van der Waals surface area contributed by atoms with Gasteiger partial charge in [0.1, 0.15) is 12.4 Å². The van der Waals surface area contributed by atoms with Crippen molar-refractivity contribution in [2.45, 2.75) is 38.8 Å². The van der Waals surface area contributed by atoms with Crippen molar-refractivity contribution < 1.29 is 14.3 Å². The number of aromatic nitrogens is 1. The van der Waals surface area contributed by atoms with E-state index >= 15 is 0 Å². The van der Waals surface area contributed by atoms with E-state index in [1.165, 1.54) is 25.7 Å². The van der Waals surface area contributed by atoms with Gasteiger partial charge in [-0.1, -0.05) is 49.2 Å². The lowest BCUT2D eigenvalue weighted by atomic mass is 10.1. The van der Waals surface area contributed by atoms with Crippen LogP contribution in [0.2, 0.25) is 0 Å². The average Bonchev–Trinajstić information content (AvgIpc) is 3.16. The van der Waals surface area contributed by atoms with Crippen LogP contribution in [0.1, 0.15) is 47.2 Å². The minimum atomic E-state index is -0.167. The number of hydrogen-bond donors (Lipinski definition) is 1. The van der Waals surface area contributed by atoms with E-state index in [0.29, 0.717) is 30.2 Å². The Balaban J connectivity index is 1.33. The smallest absolute Gasteiger partial charge is 0.251 e. The molecule has 0 aliphatic carbocycles. The largest absolute Gasteiger partial charge is 0.493 e. The van der Waals surface area contributed by atoms with E-state index in [0.717, 1.165) is 30.0 Å². The van der Waals surface area contributed by atoms with Crippen LogP contribution >= 0.6 is 0 Å². The van der Waals surface area contributed by atoms with Crippen LogP contribution in [0.25, 0.3) is 0 Å². The second kappa shape index (κ2) is 11.4. The summed E-state index contributed by atoms with van der Waals surface area (Å²) in [6, 6.07) is 19.2. The number of pyridine rings is 1. The van der Waals surface area contributed by atoms with E-state index in [4.69, 9.17) is 9.47 Å². The summed E-state index contributed by atoms with van der Waals surface area (Å²) in [6.07, 6.45) is 6.89. The second-order valence-corrected chi connectivity index (χ2v) is 8.25. The van der Waals surface area contributed by atoms with Crippen LogP contribution in [0.5, 0.6) is 11.5 Å². The highest BCUT2D eigenvalue weighted by atomic mass is 16.5. The monoisotopic (exact) mass is 445 g/mol. The van der Waals surface area contributed by atoms with Crippen molar-refractivity contribution in [1.29, 1.82) is 0 Å². The molecule has 1 N–H and O–H groups in total. The predicted molar refractivity (Wildman–Crippen MR) is 130 cm³/mol. The summed E-state index contributed by atoms with van der Waals surface area (Å²) in [5, 5.41) is 2.96. The van der Waals surface area contributed by atoms with E-state index < -0.39 is 0 Å². The maximum Gasteiger partial charge on any atom is 0.251 e. The summed E-state index contributed by atoms with van der Waals surface area (Å²) in [5.74, 6) is 1.98. The fraction of sp³-hybridized carbons (Fsp3) is 0.333. The van der Waals surface area contributed by atoms with Gasteiger partial charge in [0.2, 0.25) is 0 Å². The Morgan fingerprint density at radius 2 is 1.73 bits per heavy atom.